The molecule has 3 rings (SSSR count). The number of rotatable bonds is 11. The third kappa shape index (κ3) is 8.06. The van der Waals surface area contributed by atoms with Gasteiger partial charge in [0.15, 0.2) is 0 Å². The lowest BCUT2D eigenvalue weighted by Crippen LogP contribution is -2.42. The van der Waals surface area contributed by atoms with E-state index < -0.39 is 29.6 Å². The van der Waals surface area contributed by atoms with Crippen LogP contribution in [0.1, 0.15) is 23.1 Å². The molecular formula is C26H24ClF6NO2. The Bertz CT molecular complexity index is 1050. The quantitative estimate of drug-likeness (QED) is 0.161. The Balaban J connectivity index is 2.17. The van der Waals surface area contributed by atoms with Crippen molar-refractivity contribution < 1.29 is 35.8 Å². The molecule has 0 radical (unpaired) electrons. The van der Waals surface area contributed by atoms with Crippen LogP contribution in [0.25, 0.3) is 0 Å². The van der Waals surface area contributed by atoms with Gasteiger partial charge in [-0.15, -0.1) is 37.9 Å². The highest BCUT2D eigenvalue weighted by atomic mass is 35.5. The molecule has 1 N–H and O–H groups in total. The van der Waals surface area contributed by atoms with Crippen LogP contribution >= 0.6 is 11.6 Å². The third-order valence-electron chi connectivity index (χ3n) is 5.50. The lowest BCUT2D eigenvalue weighted by atomic mass is 9.70. The van der Waals surface area contributed by atoms with Gasteiger partial charge in [-0.3, -0.25) is 0 Å². The molecule has 0 heterocycles. The van der Waals surface area contributed by atoms with Crippen LogP contribution in [0.5, 0.6) is 11.5 Å². The van der Waals surface area contributed by atoms with Crippen LogP contribution in [0.3, 0.4) is 0 Å². The zero-order chi connectivity index (χ0) is 26.2. The van der Waals surface area contributed by atoms with E-state index in [1.54, 1.807) is 12.1 Å². The van der Waals surface area contributed by atoms with E-state index in [1.807, 2.05) is 30.3 Å². The van der Waals surface area contributed by atoms with E-state index in [4.69, 9.17) is 11.6 Å². The SMILES string of the molecule is FC(F)(F)Oc1cccc(C(CNCCCCl)(Cc2ccccc2)c2cccc(OC(F)(F)F)c2)c1. The largest absolute Gasteiger partial charge is 0.573 e. The average molecular weight is 532 g/mol. The minimum atomic E-state index is -4.90. The maximum absolute atomic E-state index is 13.0. The van der Waals surface area contributed by atoms with Gasteiger partial charge in [0, 0.05) is 17.8 Å². The average Bonchev–Trinajstić information content (AvgIpc) is 2.80. The van der Waals surface area contributed by atoms with Crippen molar-refractivity contribution in [2.24, 2.45) is 0 Å². The predicted molar refractivity (Wildman–Crippen MR) is 125 cm³/mol. The van der Waals surface area contributed by atoms with E-state index in [1.165, 1.54) is 36.4 Å². The standard InChI is InChI=1S/C26H24ClF6NO2/c27-13-6-14-34-18-24(17-19-7-2-1-3-8-19,20-9-4-11-22(15-20)35-25(28,29)30)21-10-5-12-23(16-21)36-26(31,32)33/h1-5,7-12,15-16,34H,6,13-14,17-18H2. The van der Waals surface area contributed by atoms with Crippen molar-refractivity contribution in [1.82, 2.24) is 5.32 Å². The molecule has 0 aliphatic heterocycles. The summed E-state index contributed by atoms with van der Waals surface area (Å²) in [5, 5.41) is 3.27. The fourth-order valence-corrected chi connectivity index (χ4v) is 4.19. The number of hydrogen-bond acceptors (Lipinski definition) is 3. The molecule has 0 bridgehead atoms. The summed E-state index contributed by atoms with van der Waals surface area (Å²) in [5.74, 6) is -0.468. The van der Waals surface area contributed by atoms with Crippen molar-refractivity contribution in [3.8, 4) is 11.5 Å². The molecule has 0 amide bonds. The van der Waals surface area contributed by atoms with Gasteiger partial charge in [0.25, 0.3) is 0 Å². The summed E-state index contributed by atoms with van der Waals surface area (Å²) >= 11 is 5.79. The highest BCUT2D eigenvalue weighted by Gasteiger charge is 2.38. The molecule has 194 valence electrons. The van der Waals surface area contributed by atoms with Gasteiger partial charge in [-0.25, -0.2) is 0 Å². The van der Waals surface area contributed by atoms with Crippen LogP contribution in [0.2, 0.25) is 0 Å². The van der Waals surface area contributed by atoms with Crippen LogP contribution in [0.15, 0.2) is 78.9 Å². The maximum atomic E-state index is 13.0. The Morgan fingerprint density at radius 3 is 1.69 bits per heavy atom. The second-order valence-corrected chi connectivity index (χ2v) is 8.49. The normalized spacial score (nSPS) is 12.4. The molecule has 3 nitrogen and oxygen atoms in total. The number of nitrogens with one attached hydrogen (secondary N) is 1. The van der Waals surface area contributed by atoms with Crippen molar-refractivity contribution in [2.75, 3.05) is 19.0 Å². The lowest BCUT2D eigenvalue weighted by Gasteiger charge is -2.36. The minimum Gasteiger partial charge on any atom is -0.406 e. The van der Waals surface area contributed by atoms with E-state index in [-0.39, 0.29) is 13.0 Å². The van der Waals surface area contributed by atoms with Crippen molar-refractivity contribution >= 4 is 11.6 Å². The first-order chi connectivity index (χ1) is 17.0. The number of alkyl halides is 7. The lowest BCUT2D eigenvalue weighted by molar-refractivity contribution is -0.275. The summed E-state index contributed by atoms with van der Waals surface area (Å²) < 4.78 is 86.1. The molecule has 0 aliphatic rings. The Kier molecular flexibility index (Phi) is 9.13. The first-order valence-corrected chi connectivity index (χ1v) is 11.6. The van der Waals surface area contributed by atoms with Gasteiger partial charge in [-0.05, 0) is 60.3 Å². The highest BCUT2D eigenvalue weighted by Crippen LogP contribution is 2.39. The van der Waals surface area contributed by atoms with E-state index >= 15 is 0 Å². The number of halogens is 7. The summed E-state index contributed by atoms with van der Waals surface area (Å²) in [4.78, 5) is 0. The van der Waals surface area contributed by atoms with Gasteiger partial charge in [0.2, 0.25) is 0 Å². The molecule has 0 fully saturated rings. The van der Waals surface area contributed by atoms with Crippen molar-refractivity contribution in [3.63, 3.8) is 0 Å². The molecule has 0 saturated carbocycles. The number of hydrogen-bond donors (Lipinski definition) is 1. The number of benzene rings is 3. The minimum absolute atomic E-state index is 0.198. The first kappa shape index (κ1) is 27.7. The molecule has 3 aromatic rings. The molecule has 0 unspecified atom stereocenters. The van der Waals surface area contributed by atoms with Gasteiger partial charge in [0.05, 0.1) is 0 Å². The first-order valence-electron chi connectivity index (χ1n) is 11.0. The Hall–Kier alpha value is -2.91. The summed E-state index contributed by atoms with van der Waals surface area (Å²) in [6, 6.07) is 20.1. The van der Waals surface area contributed by atoms with Crippen molar-refractivity contribution in [2.45, 2.75) is 31.0 Å². The monoisotopic (exact) mass is 531 g/mol. The van der Waals surface area contributed by atoms with Crippen LogP contribution in [0.4, 0.5) is 26.3 Å². The molecular weight excluding hydrogens is 508 g/mol. The van der Waals surface area contributed by atoms with E-state index in [0.29, 0.717) is 30.0 Å². The van der Waals surface area contributed by atoms with Gasteiger partial charge in [0.1, 0.15) is 11.5 Å². The van der Waals surface area contributed by atoms with Crippen molar-refractivity contribution in [3.05, 3.63) is 95.6 Å². The summed E-state index contributed by atoms with van der Waals surface area (Å²) in [7, 11) is 0. The molecule has 0 saturated heterocycles. The van der Waals surface area contributed by atoms with E-state index in [2.05, 4.69) is 14.8 Å². The Morgan fingerprint density at radius 2 is 1.22 bits per heavy atom. The zero-order valence-corrected chi connectivity index (χ0v) is 19.8. The van der Waals surface area contributed by atoms with Crippen molar-refractivity contribution in [1.29, 1.82) is 0 Å². The summed E-state index contributed by atoms with van der Waals surface area (Å²) in [5.41, 5.74) is 0.607. The van der Waals surface area contributed by atoms with Crippen LogP contribution in [-0.4, -0.2) is 31.7 Å². The zero-order valence-electron chi connectivity index (χ0n) is 19.0. The molecule has 36 heavy (non-hydrogen) atoms. The molecule has 0 spiro atoms. The topological polar surface area (TPSA) is 30.5 Å². The third-order valence-corrected chi connectivity index (χ3v) is 5.77. The van der Waals surface area contributed by atoms with Gasteiger partial charge in [-0.2, -0.15) is 0 Å². The van der Waals surface area contributed by atoms with Crippen LogP contribution in [0, 0.1) is 0 Å². The second-order valence-electron chi connectivity index (χ2n) is 8.12. The molecule has 0 aliphatic carbocycles. The summed E-state index contributed by atoms with van der Waals surface area (Å²) in [6.45, 7) is 0.696. The smallest absolute Gasteiger partial charge is 0.406 e. The summed E-state index contributed by atoms with van der Waals surface area (Å²) in [6.07, 6.45) is -8.91. The van der Waals surface area contributed by atoms with Crippen LogP contribution < -0.4 is 14.8 Å². The Morgan fingerprint density at radius 1 is 0.694 bits per heavy atom. The highest BCUT2D eigenvalue weighted by molar-refractivity contribution is 6.17. The fourth-order valence-electron chi connectivity index (χ4n) is 4.06. The Labute approximate surface area is 210 Å². The van der Waals surface area contributed by atoms with Gasteiger partial charge < -0.3 is 14.8 Å². The van der Waals surface area contributed by atoms with Crippen LogP contribution in [-0.2, 0) is 11.8 Å². The molecule has 0 atom stereocenters. The van der Waals surface area contributed by atoms with E-state index in [9.17, 15) is 26.3 Å². The molecule has 10 heteroatoms. The van der Waals surface area contributed by atoms with Gasteiger partial charge >= 0.3 is 12.7 Å². The number of ether oxygens (including phenoxy) is 2. The maximum Gasteiger partial charge on any atom is 0.573 e. The fraction of sp³-hybridized carbons (Fsp3) is 0.308. The molecule has 0 aromatic heterocycles. The van der Waals surface area contributed by atoms with E-state index in [0.717, 1.165) is 5.56 Å². The molecule has 3 aromatic carbocycles. The predicted octanol–water partition coefficient (Wildman–Crippen LogP) is 7.23. The van der Waals surface area contributed by atoms with Gasteiger partial charge in [-0.1, -0.05) is 54.6 Å². The second kappa shape index (κ2) is 11.9.